The molecule has 1 unspecified atom stereocenters. The van der Waals surface area contributed by atoms with Gasteiger partial charge in [-0.3, -0.25) is 0 Å². The van der Waals surface area contributed by atoms with Crippen molar-refractivity contribution in [3.05, 3.63) is 23.8 Å². The summed E-state index contributed by atoms with van der Waals surface area (Å²) in [6.07, 6.45) is 4.60. The largest absolute Gasteiger partial charge is 0.486 e. The first-order valence-electron chi connectivity index (χ1n) is 8.50. The minimum absolute atomic E-state index is 0.0381. The molecule has 0 bridgehead atoms. The van der Waals surface area contributed by atoms with Crippen LogP contribution in [-0.4, -0.2) is 37.2 Å². The van der Waals surface area contributed by atoms with Crippen LogP contribution in [0.4, 0.5) is 4.79 Å². The maximum absolute atomic E-state index is 12.2. The van der Waals surface area contributed by atoms with Gasteiger partial charge in [-0.1, -0.05) is 32.3 Å². The topological polar surface area (TPSA) is 50.8 Å². The SMILES string of the molecule is CCCCCC(C)NC(=O)N(C)Cc1ccc2c(c1)OCCO2. The van der Waals surface area contributed by atoms with Crippen LogP contribution >= 0.6 is 0 Å². The standard InChI is InChI=1S/C18H28N2O3/c1-4-5-6-7-14(2)19-18(21)20(3)13-15-8-9-16-17(12-15)23-11-10-22-16/h8-9,12,14H,4-7,10-11,13H2,1-3H3,(H,19,21). The van der Waals surface area contributed by atoms with E-state index in [4.69, 9.17) is 9.47 Å². The quantitative estimate of drug-likeness (QED) is 0.781. The molecule has 23 heavy (non-hydrogen) atoms. The lowest BCUT2D eigenvalue weighted by Crippen LogP contribution is -2.41. The molecule has 2 amide bonds. The van der Waals surface area contributed by atoms with Crippen molar-refractivity contribution in [3.8, 4) is 11.5 Å². The minimum Gasteiger partial charge on any atom is -0.486 e. The number of nitrogens with one attached hydrogen (secondary N) is 1. The predicted molar refractivity (Wildman–Crippen MR) is 91.0 cm³/mol. The van der Waals surface area contributed by atoms with Gasteiger partial charge in [0, 0.05) is 19.6 Å². The predicted octanol–water partition coefficient (Wildman–Crippen LogP) is 3.57. The van der Waals surface area contributed by atoms with Crippen molar-refractivity contribution in [2.45, 2.75) is 52.1 Å². The summed E-state index contributed by atoms with van der Waals surface area (Å²) < 4.78 is 11.1. The first-order valence-corrected chi connectivity index (χ1v) is 8.50. The molecule has 128 valence electrons. The molecule has 1 atom stereocenters. The zero-order valence-electron chi connectivity index (χ0n) is 14.4. The van der Waals surface area contributed by atoms with Crippen LogP contribution in [0.15, 0.2) is 18.2 Å². The van der Waals surface area contributed by atoms with Crippen LogP contribution in [0.3, 0.4) is 0 Å². The second-order valence-electron chi connectivity index (χ2n) is 6.18. The van der Waals surface area contributed by atoms with Crippen LogP contribution in [0.1, 0.15) is 45.1 Å². The molecule has 0 saturated heterocycles. The van der Waals surface area contributed by atoms with Gasteiger partial charge in [-0.25, -0.2) is 4.79 Å². The number of carbonyl (C=O) groups excluding carboxylic acids is 1. The van der Waals surface area contributed by atoms with Gasteiger partial charge < -0.3 is 19.7 Å². The van der Waals surface area contributed by atoms with Gasteiger partial charge in [0.2, 0.25) is 0 Å². The van der Waals surface area contributed by atoms with Crippen LogP contribution in [0.25, 0.3) is 0 Å². The molecule has 1 aliphatic heterocycles. The number of fused-ring (bicyclic) bond motifs is 1. The average molecular weight is 320 g/mol. The molecular weight excluding hydrogens is 292 g/mol. The van der Waals surface area contributed by atoms with E-state index >= 15 is 0 Å². The van der Waals surface area contributed by atoms with E-state index in [1.165, 1.54) is 12.8 Å². The molecule has 5 nitrogen and oxygen atoms in total. The number of nitrogens with zero attached hydrogens (tertiary/aromatic N) is 1. The number of ether oxygens (including phenoxy) is 2. The second kappa shape index (κ2) is 8.65. The first kappa shape index (κ1) is 17.4. The van der Waals surface area contributed by atoms with Crippen molar-refractivity contribution in [1.82, 2.24) is 10.2 Å². The Bertz CT molecular complexity index is 519. The van der Waals surface area contributed by atoms with Crippen LogP contribution in [0.5, 0.6) is 11.5 Å². The summed E-state index contributed by atoms with van der Waals surface area (Å²) >= 11 is 0. The molecule has 5 heteroatoms. The lowest BCUT2D eigenvalue weighted by atomic mass is 10.1. The van der Waals surface area contributed by atoms with Crippen LogP contribution < -0.4 is 14.8 Å². The highest BCUT2D eigenvalue weighted by atomic mass is 16.6. The van der Waals surface area contributed by atoms with Gasteiger partial charge in [-0.2, -0.15) is 0 Å². The van der Waals surface area contributed by atoms with Gasteiger partial charge >= 0.3 is 6.03 Å². The van der Waals surface area contributed by atoms with Crippen molar-refractivity contribution < 1.29 is 14.3 Å². The van der Waals surface area contributed by atoms with Gasteiger partial charge in [0.1, 0.15) is 13.2 Å². The van der Waals surface area contributed by atoms with Crippen molar-refractivity contribution in [2.24, 2.45) is 0 Å². The van der Waals surface area contributed by atoms with E-state index in [-0.39, 0.29) is 12.1 Å². The van der Waals surface area contributed by atoms with Crippen molar-refractivity contribution in [2.75, 3.05) is 20.3 Å². The molecule has 0 saturated carbocycles. The molecule has 0 aromatic heterocycles. The highest BCUT2D eigenvalue weighted by Crippen LogP contribution is 2.31. The third kappa shape index (κ3) is 5.34. The van der Waals surface area contributed by atoms with Crippen LogP contribution in [-0.2, 0) is 6.54 Å². The first-order chi connectivity index (χ1) is 11.1. The lowest BCUT2D eigenvalue weighted by Gasteiger charge is -2.23. The van der Waals surface area contributed by atoms with Crippen LogP contribution in [0, 0.1) is 0 Å². The Morgan fingerprint density at radius 1 is 1.26 bits per heavy atom. The zero-order chi connectivity index (χ0) is 16.7. The number of carbonyl (C=O) groups is 1. The summed E-state index contributed by atoms with van der Waals surface area (Å²) in [5.74, 6) is 1.53. The van der Waals surface area contributed by atoms with E-state index in [2.05, 4.69) is 19.2 Å². The van der Waals surface area contributed by atoms with Gasteiger partial charge in [0.05, 0.1) is 0 Å². The van der Waals surface area contributed by atoms with Crippen molar-refractivity contribution in [1.29, 1.82) is 0 Å². The fourth-order valence-electron chi connectivity index (χ4n) is 2.63. The maximum Gasteiger partial charge on any atom is 0.317 e. The number of amides is 2. The molecule has 0 radical (unpaired) electrons. The Labute approximate surface area is 139 Å². The number of rotatable bonds is 7. The Morgan fingerprint density at radius 3 is 2.74 bits per heavy atom. The average Bonchev–Trinajstić information content (AvgIpc) is 2.55. The van der Waals surface area contributed by atoms with Gasteiger partial charge in [0.25, 0.3) is 0 Å². The summed E-state index contributed by atoms with van der Waals surface area (Å²) in [5, 5.41) is 3.05. The molecule has 0 aliphatic carbocycles. The molecule has 1 heterocycles. The van der Waals surface area contributed by atoms with Gasteiger partial charge in [0.15, 0.2) is 11.5 Å². The Morgan fingerprint density at radius 2 is 2.00 bits per heavy atom. The number of unbranched alkanes of at least 4 members (excludes halogenated alkanes) is 2. The van der Waals surface area contributed by atoms with Crippen LogP contribution in [0.2, 0.25) is 0 Å². The summed E-state index contributed by atoms with van der Waals surface area (Å²) in [6.45, 7) is 5.95. The van der Waals surface area contributed by atoms with E-state index in [0.717, 1.165) is 29.9 Å². The van der Waals surface area contributed by atoms with E-state index in [9.17, 15) is 4.79 Å². The summed E-state index contributed by atoms with van der Waals surface area (Å²) in [6, 6.07) is 5.99. The van der Waals surface area contributed by atoms with Crippen molar-refractivity contribution in [3.63, 3.8) is 0 Å². The van der Waals surface area contributed by atoms with Crippen molar-refractivity contribution >= 4 is 6.03 Å². The molecule has 2 rings (SSSR count). The summed E-state index contributed by atoms with van der Waals surface area (Å²) in [4.78, 5) is 13.9. The number of hydrogen-bond acceptors (Lipinski definition) is 3. The molecule has 1 aromatic rings. The summed E-state index contributed by atoms with van der Waals surface area (Å²) in [7, 11) is 1.81. The number of urea groups is 1. The van der Waals surface area contributed by atoms with E-state index < -0.39 is 0 Å². The smallest absolute Gasteiger partial charge is 0.317 e. The second-order valence-corrected chi connectivity index (χ2v) is 6.18. The Kier molecular flexibility index (Phi) is 6.56. The molecular formula is C18H28N2O3. The molecule has 1 N–H and O–H groups in total. The minimum atomic E-state index is -0.0381. The number of hydrogen-bond donors (Lipinski definition) is 1. The van der Waals surface area contributed by atoms with E-state index in [1.807, 2.05) is 25.2 Å². The van der Waals surface area contributed by atoms with Gasteiger partial charge in [-0.05, 0) is 31.0 Å². The monoisotopic (exact) mass is 320 g/mol. The van der Waals surface area contributed by atoms with Gasteiger partial charge in [-0.15, -0.1) is 0 Å². The Hall–Kier alpha value is -1.91. The molecule has 1 aromatic carbocycles. The molecule has 0 spiro atoms. The van der Waals surface area contributed by atoms with E-state index in [1.54, 1.807) is 4.90 Å². The fourth-order valence-corrected chi connectivity index (χ4v) is 2.63. The fraction of sp³-hybridized carbons (Fsp3) is 0.611. The highest BCUT2D eigenvalue weighted by Gasteiger charge is 2.15. The highest BCUT2D eigenvalue weighted by molar-refractivity contribution is 5.74. The third-order valence-corrected chi connectivity index (χ3v) is 3.98. The zero-order valence-corrected chi connectivity index (χ0v) is 14.4. The molecule has 0 fully saturated rings. The third-order valence-electron chi connectivity index (χ3n) is 3.98. The van der Waals surface area contributed by atoms with E-state index in [0.29, 0.717) is 19.8 Å². The molecule has 1 aliphatic rings. The lowest BCUT2D eigenvalue weighted by molar-refractivity contribution is 0.171. The normalized spacial score (nSPS) is 14.2. The summed E-state index contributed by atoms with van der Waals surface area (Å²) in [5.41, 5.74) is 1.03. The Balaban J connectivity index is 1.83. The number of benzene rings is 1. The maximum atomic E-state index is 12.2.